The van der Waals surface area contributed by atoms with E-state index in [1.807, 2.05) is 0 Å². The SMILES string of the molecule is [Cl][Hg][Cl].[Mg+2]. The Morgan fingerprint density at radius 2 is 1.25 bits per heavy atom. The second-order valence-corrected chi connectivity index (χ2v) is 7.98. The van der Waals surface area contributed by atoms with E-state index >= 15 is 0 Å². The predicted molar refractivity (Wildman–Crippen MR) is 17.5 cm³/mol. The zero-order valence-corrected chi connectivity index (χ0v) is 10.6. The quantitative estimate of drug-likeness (QED) is 0.585. The third-order valence-corrected chi connectivity index (χ3v) is 0. The van der Waals surface area contributed by atoms with Gasteiger partial charge >= 0.3 is 61.7 Å². The molecule has 0 aliphatic rings. The van der Waals surface area contributed by atoms with E-state index < -0.39 is 22.1 Å². The molecule has 0 aliphatic carbocycles. The van der Waals surface area contributed by atoms with Crippen molar-refractivity contribution < 1.29 is 22.1 Å². The molecule has 4 heteroatoms. The summed E-state index contributed by atoms with van der Waals surface area (Å²) in [5.74, 6) is 0. The predicted octanol–water partition coefficient (Wildman–Crippen LogP) is 0.996. The molecule has 4 heavy (non-hydrogen) atoms. The van der Waals surface area contributed by atoms with Crippen LogP contribution in [-0.4, -0.2) is 23.1 Å². The Labute approximate surface area is 60.7 Å². The molecular formula is Cl2HgMg+2. The largest absolute Gasteiger partial charge is 2.00 e. The fourth-order valence-electron chi connectivity index (χ4n) is 0. The van der Waals surface area contributed by atoms with Crippen molar-refractivity contribution in [1.82, 2.24) is 0 Å². The van der Waals surface area contributed by atoms with E-state index in [4.69, 9.17) is 16.5 Å². The van der Waals surface area contributed by atoms with Gasteiger partial charge in [-0.15, -0.1) is 0 Å². The van der Waals surface area contributed by atoms with E-state index in [0.29, 0.717) is 0 Å². The van der Waals surface area contributed by atoms with E-state index in [2.05, 4.69) is 0 Å². The summed E-state index contributed by atoms with van der Waals surface area (Å²) >= 11 is -1.14. The van der Waals surface area contributed by atoms with Crippen LogP contribution in [0.25, 0.3) is 0 Å². The third-order valence-electron chi connectivity index (χ3n) is 0. The average Bonchev–Trinajstić information content (AvgIpc) is 0.918. The summed E-state index contributed by atoms with van der Waals surface area (Å²) in [6.45, 7) is 0. The van der Waals surface area contributed by atoms with E-state index in [1.54, 1.807) is 0 Å². The Balaban J connectivity index is 0. The summed E-state index contributed by atoms with van der Waals surface area (Å²) in [4.78, 5) is 0. The molecule has 0 N–H and O–H groups in total. The molecule has 0 bridgehead atoms. The van der Waals surface area contributed by atoms with Crippen LogP contribution in [0.2, 0.25) is 0 Å². The van der Waals surface area contributed by atoms with E-state index in [1.165, 1.54) is 0 Å². The van der Waals surface area contributed by atoms with Gasteiger partial charge in [-0.2, -0.15) is 0 Å². The molecule has 0 radical (unpaired) electrons. The van der Waals surface area contributed by atoms with Gasteiger partial charge in [0, 0.05) is 0 Å². The van der Waals surface area contributed by atoms with Crippen molar-refractivity contribution >= 4 is 39.6 Å². The Kier molecular flexibility index (Phi) is 21.5. The molecule has 0 amide bonds. The van der Waals surface area contributed by atoms with Crippen LogP contribution in [0, 0.1) is 0 Å². The van der Waals surface area contributed by atoms with Gasteiger partial charge in [0.2, 0.25) is 0 Å². The maximum atomic E-state index is 4.99. The molecule has 16 valence electrons. The molecule has 0 unspecified atom stereocenters. The molecular weight excluding hydrogens is 296 g/mol. The monoisotopic (exact) mass is 296 g/mol. The van der Waals surface area contributed by atoms with Gasteiger partial charge in [0.15, 0.2) is 0 Å². The van der Waals surface area contributed by atoms with Gasteiger partial charge in [-0.3, -0.25) is 0 Å². The molecule has 0 heterocycles. The molecule has 0 rings (SSSR count). The van der Waals surface area contributed by atoms with Crippen molar-refractivity contribution in [3.05, 3.63) is 0 Å². The van der Waals surface area contributed by atoms with Crippen molar-refractivity contribution in [2.45, 2.75) is 0 Å². The Morgan fingerprint density at radius 3 is 1.25 bits per heavy atom. The minimum Gasteiger partial charge on any atom is 2.00 e. The molecule has 0 aromatic carbocycles. The number of hydrogen-bond acceptors (Lipinski definition) is 0. The number of hydrogen-bond donors (Lipinski definition) is 0. The van der Waals surface area contributed by atoms with Crippen LogP contribution in [0.3, 0.4) is 0 Å². The van der Waals surface area contributed by atoms with Gasteiger partial charge < -0.3 is 0 Å². The summed E-state index contributed by atoms with van der Waals surface area (Å²) in [7, 11) is 9.97. The molecule has 0 nitrogen and oxygen atoms in total. The fraction of sp³-hybridized carbons (Fsp3) is 0. The number of rotatable bonds is 0. The molecule has 0 atom stereocenters. The molecule has 0 fully saturated rings. The molecule has 0 aromatic rings. The van der Waals surface area contributed by atoms with Crippen LogP contribution in [0.5, 0.6) is 0 Å². The van der Waals surface area contributed by atoms with Crippen LogP contribution in [-0.2, 0) is 22.1 Å². The van der Waals surface area contributed by atoms with Crippen LogP contribution >= 0.6 is 16.5 Å². The van der Waals surface area contributed by atoms with Crippen molar-refractivity contribution in [2.24, 2.45) is 0 Å². The summed E-state index contributed by atoms with van der Waals surface area (Å²) in [5.41, 5.74) is 0. The zero-order valence-electron chi connectivity index (χ0n) is 2.17. The van der Waals surface area contributed by atoms with Crippen LogP contribution < -0.4 is 0 Å². The maximum absolute atomic E-state index is 4.99. The summed E-state index contributed by atoms with van der Waals surface area (Å²) in [6.07, 6.45) is 0. The topological polar surface area (TPSA) is 0 Å². The Morgan fingerprint density at radius 1 is 1.25 bits per heavy atom. The smallest absolute Gasteiger partial charge is 2.00 e. The molecule has 0 saturated heterocycles. The standard InChI is InChI=1S/2ClH.Hg.Mg/h2*1H;;/q;;2*+2/p-2. The van der Waals surface area contributed by atoms with Crippen LogP contribution in [0.1, 0.15) is 0 Å². The van der Waals surface area contributed by atoms with Crippen molar-refractivity contribution in [3.8, 4) is 0 Å². The molecule has 0 aromatic heterocycles. The van der Waals surface area contributed by atoms with E-state index in [9.17, 15) is 0 Å². The normalized spacial score (nSPS) is 2.50. The summed E-state index contributed by atoms with van der Waals surface area (Å²) in [5, 5.41) is 0. The van der Waals surface area contributed by atoms with Crippen molar-refractivity contribution in [3.63, 3.8) is 0 Å². The van der Waals surface area contributed by atoms with E-state index in [0.717, 1.165) is 0 Å². The van der Waals surface area contributed by atoms with Crippen LogP contribution in [0.15, 0.2) is 0 Å². The van der Waals surface area contributed by atoms with Crippen molar-refractivity contribution in [2.75, 3.05) is 0 Å². The second-order valence-electron chi connectivity index (χ2n) is 0.101. The van der Waals surface area contributed by atoms with Gasteiger partial charge in [-0.05, 0) is 0 Å². The molecule has 0 spiro atoms. The maximum Gasteiger partial charge on any atom is 2.00 e. The summed E-state index contributed by atoms with van der Waals surface area (Å²) in [6, 6.07) is 0. The minimum atomic E-state index is -1.14. The second kappa shape index (κ2) is 8.99. The van der Waals surface area contributed by atoms with Gasteiger partial charge in [0.25, 0.3) is 0 Å². The zero-order chi connectivity index (χ0) is 2.71. The first-order valence-corrected chi connectivity index (χ1v) is 14.1. The fourth-order valence-corrected chi connectivity index (χ4v) is 0. The molecule has 0 aliphatic heterocycles. The Bertz CT molecular complexity index is 6.00. The average molecular weight is 296 g/mol. The van der Waals surface area contributed by atoms with Gasteiger partial charge in [-0.1, -0.05) is 0 Å². The first kappa shape index (κ1) is 9.56. The minimum absolute atomic E-state index is 0. The first-order chi connectivity index (χ1) is 1.41. The van der Waals surface area contributed by atoms with Crippen LogP contribution in [0.4, 0.5) is 0 Å². The first-order valence-electron chi connectivity index (χ1n) is 0.535. The molecule has 0 saturated carbocycles. The third kappa shape index (κ3) is 8.86. The van der Waals surface area contributed by atoms with Gasteiger partial charge in [0.05, 0.1) is 0 Å². The van der Waals surface area contributed by atoms with Gasteiger partial charge in [-0.25, -0.2) is 0 Å². The summed E-state index contributed by atoms with van der Waals surface area (Å²) < 4.78 is 0. The van der Waals surface area contributed by atoms with Crippen molar-refractivity contribution in [1.29, 1.82) is 0 Å². The number of halogens is 2. The van der Waals surface area contributed by atoms with E-state index in [-0.39, 0.29) is 23.1 Å². The Hall–Kier alpha value is 2.28. The van der Waals surface area contributed by atoms with Gasteiger partial charge in [0.1, 0.15) is 0 Å².